The average Bonchev–Trinajstić information content (AvgIpc) is 3.09. The molecule has 3 rings (SSSR count). The first-order valence-corrected chi connectivity index (χ1v) is 6.21. The molecule has 1 aromatic heterocycles. The number of hydrogen-bond acceptors (Lipinski definition) is 2. The number of benzene rings is 1. The van der Waals surface area contributed by atoms with Crippen molar-refractivity contribution in [2.24, 2.45) is 0 Å². The molecular weight excluding hydrogens is 217 g/mol. The zero-order valence-electron chi connectivity index (χ0n) is 9.92. The quantitative estimate of drug-likeness (QED) is 0.873. The standard InChI is InChI=1S/C14H16FNO/c1-2-16-8-12-13(9-6-7-9)10-4-3-5-11(15)14(10)17-12/h3-5,9,16H,2,6-8H2,1H3. The van der Waals surface area contributed by atoms with Gasteiger partial charge in [-0.15, -0.1) is 0 Å². The minimum atomic E-state index is -0.257. The summed E-state index contributed by atoms with van der Waals surface area (Å²) >= 11 is 0. The first kappa shape index (κ1) is 10.8. The second kappa shape index (κ2) is 4.15. The highest BCUT2D eigenvalue weighted by molar-refractivity contribution is 5.83. The molecule has 1 heterocycles. The van der Waals surface area contributed by atoms with E-state index in [1.54, 1.807) is 6.07 Å². The lowest BCUT2D eigenvalue weighted by Crippen LogP contribution is -2.12. The minimum Gasteiger partial charge on any atom is -0.456 e. The molecule has 17 heavy (non-hydrogen) atoms. The Kier molecular flexibility index (Phi) is 2.63. The van der Waals surface area contributed by atoms with Gasteiger partial charge in [-0.25, -0.2) is 4.39 Å². The van der Waals surface area contributed by atoms with Crippen molar-refractivity contribution in [2.45, 2.75) is 32.2 Å². The van der Waals surface area contributed by atoms with E-state index >= 15 is 0 Å². The Balaban J connectivity index is 2.12. The molecule has 0 radical (unpaired) electrons. The Morgan fingerprint density at radius 3 is 2.94 bits per heavy atom. The van der Waals surface area contributed by atoms with Crippen LogP contribution in [0.5, 0.6) is 0 Å². The van der Waals surface area contributed by atoms with Crippen LogP contribution in [-0.4, -0.2) is 6.54 Å². The van der Waals surface area contributed by atoms with Crippen LogP contribution in [0.15, 0.2) is 22.6 Å². The second-order valence-electron chi connectivity index (χ2n) is 4.61. The maximum Gasteiger partial charge on any atom is 0.170 e. The minimum absolute atomic E-state index is 0.257. The van der Waals surface area contributed by atoms with Gasteiger partial charge in [-0.2, -0.15) is 0 Å². The maximum absolute atomic E-state index is 13.7. The highest BCUT2D eigenvalue weighted by atomic mass is 19.1. The fourth-order valence-electron chi connectivity index (χ4n) is 2.34. The second-order valence-corrected chi connectivity index (χ2v) is 4.61. The van der Waals surface area contributed by atoms with Crippen LogP contribution < -0.4 is 5.32 Å². The summed E-state index contributed by atoms with van der Waals surface area (Å²) in [7, 11) is 0. The van der Waals surface area contributed by atoms with Crippen LogP contribution in [0.25, 0.3) is 11.0 Å². The van der Waals surface area contributed by atoms with Crippen molar-refractivity contribution in [2.75, 3.05) is 6.54 Å². The summed E-state index contributed by atoms with van der Waals surface area (Å²) in [6.07, 6.45) is 2.40. The third-order valence-electron chi connectivity index (χ3n) is 3.30. The monoisotopic (exact) mass is 233 g/mol. The van der Waals surface area contributed by atoms with Crippen LogP contribution in [0.1, 0.15) is 37.0 Å². The van der Waals surface area contributed by atoms with Gasteiger partial charge in [0, 0.05) is 10.9 Å². The number of para-hydroxylation sites is 1. The van der Waals surface area contributed by atoms with Crippen LogP contribution in [0.4, 0.5) is 4.39 Å². The molecule has 3 heteroatoms. The predicted octanol–water partition coefficient (Wildman–Crippen LogP) is 3.56. The van der Waals surface area contributed by atoms with E-state index < -0.39 is 0 Å². The van der Waals surface area contributed by atoms with Gasteiger partial charge in [0.05, 0.1) is 6.54 Å². The third-order valence-corrected chi connectivity index (χ3v) is 3.30. The molecule has 1 aliphatic rings. The molecule has 1 N–H and O–H groups in total. The fourth-order valence-corrected chi connectivity index (χ4v) is 2.34. The first-order valence-electron chi connectivity index (χ1n) is 6.21. The molecule has 2 aromatic rings. The molecule has 1 aromatic carbocycles. The highest BCUT2D eigenvalue weighted by Gasteiger charge is 2.31. The third kappa shape index (κ3) is 1.84. The van der Waals surface area contributed by atoms with Crippen molar-refractivity contribution in [3.8, 4) is 0 Å². The summed E-state index contributed by atoms with van der Waals surface area (Å²) in [5.74, 6) is 1.23. The van der Waals surface area contributed by atoms with E-state index in [9.17, 15) is 4.39 Å². The molecule has 0 amide bonds. The Labute approximate surface area is 99.8 Å². The van der Waals surface area contributed by atoms with E-state index in [2.05, 4.69) is 12.2 Å². The van der Waals surface area contributed by atoms with E-state index in [1.807, 2.05) is 6.07 Å². The SMILES string of the molecule is CCNCc1oc2c(F)cccc2c1C1CC1. The van der Waals surface area contributed by atoms with Gasteiger partial charge in [-0.1, -0.05) is 19.1 Å². The van der Waals surface area contributed by atoms with Gasteiger partial charge in [0.25, 0.3) is 0 Å². The lowest BCUT2D eigenvalue weighted by Gasteiger charge is -2.01. The number of fused-ring (bicyclic) bond motifs is 1. The molecule has 0 unspecified atom stereocenters. The molecule has 2 nitrogen and oxygen atoms in total. The molecule has 1 aliphatic carbocycles. The number of nitrogens with one attached hydrogen (secondary N) is 1. The van der Waals surface area contributed by atoms with Crippen molar-refractivity contribution in [1.82, 2.24) is 5.32 Å². The molecule has 0 bridgehead atoms. The Morgan fingerprint density at radius 2 is 2.24 bits per heavy atom. The van der Waals surface area contributed by atoms with Crippen molar-refractivity contribution in [3.05, 3.63) is 35.3 Å². The lowest BCUT2D eigenvalue weighted by atomic mass is 10.1. The van der Waals surface area contributed by atoms with Gasteiger partial charge < -0.3 is 9.73 Å². The summed E-state index contributed by atoms with van der Waals surface area (Å²) in [6, 6.07) is 5.18. The van der Waals surface area contributed by atoms with Crippen LogP contribution in [0.3, 0.4) is 0 Å². The van der Waals surface area contributed by atoms with E-state index in [0.29, 0.717) is 18.0 Å². The van der Waals surface area contributed by atoms with Gasteiger partial charge in [-0.3, -0.25) is 0 Å². The van der Waals surface area contributed by atoms with E-state index in [4.69, 9.17) is 4.42 Å². The smallest absolute Gasteiger partial charge is 0.170 e. The summed E-state index contributed by atoms with van der Waals surface area (Å²) in [4.78, 5) is 0. The molecule has 1 fully saturated rings. The van der Waals surface area contributed by atoms with Gasteiger partial charge in [-0.05, 0) is 31.4 Å². The van der Waals surface area contributed by atoms with Crippen molar-refractivity contribution < 1.29 is 8.81 Å². The summed E-state index contributed by atoms with van der Waals surface area (Å²) in [5, 5.41) is 4.21. The molecule has 0 saturated heterocycles. The first-order chi connectivity index (χ1) is 8.31. The fraction of sp³-hybridized carbons (Fsp3) is 0.429. The molecule has 0 atom stereocenters. The zero-order chi connectivity index (χ0) is 11.8. The van der Waals surface area contributed by atoms with Crippen LogP contribution in [0.2, 0.25) is 0 Å². The Bertz CT molecular complexity index is 542. The maximum atomic E-state index is 13.7. The van der Waals surface area contributed by atoms with Crippen molar-refractivity contribution in [1.29, 1.82) is 0 Å². The summed E-state index contributed by atoms with van der Waals surface area (Å²) in [6.45, 7) is 3.64. The number of rotatable bonds is 4. The van der Waals surface area contributed by atoms with Gasteiger partial charge in [0.2, 0.25) is 0 Å². The summed E-state index contributed by atoms with van der Waals surface area (Å²) < 4.78 is 19.4. The van der Waals surface area contributed by atoms with Crippen LogP contribution in [-0.2, 0) is 6.54 Å². The summed E-state index contributed by atoms with van der Waals surface area (Å²) in [5.41, 5.74) is 1.64. The number of hydrogen-bond donors (Lipinski definition) is 1. The van der Waals surface area contributed by atoms with Gasteiger partial charge >= 0.3 is 0 Å². The molecule has 0 aliphatic heterocycles. The normalized spacial score (nSPS) is 15.6. The predicted molar refractivity (Wildman–Crippen MR) is 65.5 cm³/mol. The van der Waals surface area contributed by atoms with E-state index in [-0.39, 0.29) is 5.82 Å². The molecule has 0 spiro atoms. The van der Waals surface area contributed by atoms with Crippen LogP contribution in [0, 0.1) is 5.82 Å². The zero-order valence-corrected chi connectivity index (χ0v) is 9.92. The average molecular weight is 233 g/mol. The molecular formula is C14H16FNO. The molecule has 1 saturated carbocycles. The van der Waals surface area contributed by atoms with Crippen molar-refractivity contribution in [3.63, 3.8) is 0 Å². The molecule has 90 valence electrons. The van der Waals surface area contributed by atoms with Crippen LogP contribution >= 0.6 is 0 Å². The van der Waals surface area contributed by atoms with E-state index in [0.717, 1.165) is 17.7 Å². The Morgan fingerprint density at radius 1 is 1.41 bits per heavy atom. The lowest BCUT2D eigenvalue weighted by molar-refractivity contribution is 0.495. The number of furan rings is 1. The van der Waals surface area contributed by atoms with Gasteiger partial charge in [0.15, 0.2) is 11.4 Å². The highest BCUT2D eigenvalue weighted by Crippen LogP contribution is 2.46. The van der Waals surface area contributed by atoms with E-state index in [1.165, 1.54) is 24.5 Å². The Hall–Kier alpha value is -1.35. The van der Waals surface area contributed by atoms with Gasteiger partial charge in [0.1, 0.15) is 5.76 Å². The topological polar surface area (TPSA) is 25.2 Å². The largest absolute Gasteiger partial charge is 0.456 e. The number of halogens is 1. The van der Waals surface area contributed by atoms with Crippen molar-refractivity contribution >= 4 is 11.0 Å².